The van der Waals surface area contributed by atoms with Crippen molar-refractivity contribution < 1.29 is 9.59 Å². The Hall–Kier alpha value is -2.67. The summed E-state index contributed by atoms with van der Waals surface area (Å²) in [7, 11) is 0. The van der Waals surface area contributed by atoms with E-state index in [-0.39, 0.29) is 23.3 Å². The molecule has 10 heteroatoms. The van der Waals surface area contributed by atoms with Crippen molar-refractivity contribution in [2.75, 3.05) is 11.9 Å². The number of thioether (sulfide) groups is 1. The maximum atomic E-state index is 12.7. The number of amidine groups is 1. The molecule has 1 N–H and O–H groups in total. The van der Waals surface area contributed by atoms with Gasteiger partial charge in [0.1, 0.15) is 11.3 Å². The lowest BCUT2D eigenvalue weighted by atomic mass is 10.2. The van der Waals surface area contributed by atoms with Crippen LogP contribution in [0.15, 0.2) is 47.4 Å². The first-order valence-electron chi connectivity index (χ1n) is 8.08. The molecule has 2 heterocycles. The summed E-state index contributed by atoms with van der Waals surface area (Å²) in [5, 5.41) is 14.1. The Morgan fingerprint density at radius 3 is 3.00 bits per heavy atom. The second-order valence-corrected chi connectivity index (χ2v) is 8.06. The smallest absolute Gasteiger partial charge is 0.242 e. The van der Waals surface area contributed by atoms with Crippen LogP contribution in [0.3, 0.4) is 0 Å². The van der Waals surface area contributed by atoms with Gasteiger partial charge in [0.15, 0.2) is 5.17 Å². The minimum absolute atomic E-state index is 0.0222. The molecule has 1 fully saturated rings. The summed E-state index contributed by atoms with van der Waals surface area (Å²) >= 11 is 8.57. The Labute approximate surface area is 174 Å². The molecule has 1 aliphatic heterocycles. The number of aliphatic imine (C=N–C) groups is 1. The van der Waals surface area contributed by atoms with E-state index >= 15 is 0 Å². The van der Waals surface area contributed by atoms with Gasteiger partial charge in [0.25, 0.3) is 0 Å². The van der Waals surface area contributed by atoms with Crippen LogP contribution in [0.5, 0.6) is 0 Å². The van der Waals surface area contributed by atoms with Crippen LogP contribution in [0.2, 0.25) is 5.02 Å². The third-order valence-electron chi connectivity index (χ3n) is 3.69. The molecule has 142 valence electrons. The van der Waals surface area contributed by atoms with Crippen LogP contribution >= 0.6 is 34.7 Å². The number of rotatable bonds is 6. The fourth-order valence-electron chi connectivity index (χ4n) is 2.44. The maximum Gasteiger partial charge on any atom is 0.242 e. The number of hydrogen-bond donors (Lipinski definition) is 1. The molecule has 1 unspecified atom stereocenters. The number of amides is 2. The van der Waals surface area contributed by atoms with E-state index in [1.165, 1.54) is 40.1 Å². The highest BCUT2D eigenvalue weighted by molar-refractivity contribution is 8.15. The second kappa shape index (κ2) is 9.01. The molecule has 2 aromatic rings. The molecule has 7 nitrogen and oxygen atoms in total. The Morgan fingerprint density at radius 1 is 1.54 bits per heavy atom. The van der Waals surface area contributed by atoms with Gasteiger partial charge in [-0.1, -0.05) is 29.4 Å². The number of nitriles is 1. The van der Waals surface area contributed by atoms with Gasteiger partial charge in [-0.25, -0.2) is 4.98 Å². The SMILES string of the molecule is C=CCN1C(=O)C(CC(=O)Nc2ccc(C#N)c(Cl)c2)SC1=Nc1nccs1. The number of hydrogen-bond acceptors (Lipinski definition) is 7. The van der Waals surface area contributed by atoms with Crippen LogP contribution in [0, 0.1) is 11.3 Å². The average molecular weight is 432 g/mol. The van der Waals surface area contributed by atoms with Gasteiger partial charge in [-0.2, -0.15) is 10.3 Å². The Morgan fingerprint density at radius 2 is 2.36 bits per heavy atom. The molecule has 1 aliphatic rings. The minimum atomic E-state index is -0.590. The summed E-state index contributed by atoms with van der Waals surface area (Å²) in [5.41, 5.74) is 0.786. The average Bonchev–Trinajstić information content (AvgIpc) is 3.26. The van der Waals surface area contributed by atoms with Gasteiger partial charge >= 0.3 is 0 Å². The number of carbonyl (C=O) groups excluding carboxylic acids is 2. The van der Waals surface area contributed by atoms with E-state index < -0.39 is 5.25 Å². The highest BCUT2D eigenvalue weighted by Gasteiger charge is 2.38. The molecule has 1 aromatic carbocycles. The molecule has 2 amide bonds. The van der Waals surface area contributed by atoms with Gasteiger partial charge in [-0.15, -0.1) is 17.9 Å². The Bertz CT molecular complexity index is 984. The van der Waals surface area contributed by atoms with Crippen LogP contribution in [0.25, 0.3) is 0 Å². The number of anilines is 1. The van der Waals surface area contributed by atoms with Crippen molar-refractivity contribution >= 4 is 62.5 Å². The van der Waals surface area contributed by atoms with E-state index in [1.54, 1.807) is 23.7 Å². The van der Waals surface area contributed by atoms with E-state index in [0.29, 0.717) is 28.1 Å². The molecule has 1 atom stereocenters. The maximum absolute atomic E-state index is 12.7. The monoisotopic (exact) mass is 431 g/mol. The standard InChI is InChI=1S/C18H14ClN5O2S2/c1-2-6-24-16(26)14(28-18(24)23-17-21-5-7-27-17)9-15(25)22-12-4-3-11(10-20)13(19)8-12/h2-5,7-8,14H,1,6,9H2,(H,22,25). The van der Waals surface area contributed by atoms with Crippen molar-refractivity contribution in [3.8, 4) is 6.07 Å². The van der Waals surface area contributed by atoms with Crippen LogP contribution in [-0.2, 0) is 9.59 Å². The number of nitrogens with one attached hydrogen (secondary N) is 1. The van der Waals surface area contributed by atoms with E-state index in [0.717, 1.165) is 0 Å². The van der Waals surface area contributed by atoms with Crippen molar-refractivity contribution in [2.45, 2.75) is 11.7 Å². The van der Waals surface area contributed by atoms with E-state index in [9.17, 15) is 9.59 Å². The van der Waals surface area contributed by atoms with Crippen LogP contribution in [0.1, 0.15) is 12.0 Å². The van der Waals surface area contributed by atoms with Gasteiger partial charge in [-0.05, 0) is 18.2 Å². The van der Waals surface area contributed by atoms with E-state index in [4.69, 9.17) is 16.9 Å². The molecule has 0 radical (unpaired) electrons. The number of benzene rings is 1. The third kappa shape index (κ3) is 4.59. The van der Waals surface area contributed by atoms with Gasteiger partial charge < -0.3 is 5.32 Å². The van der Waals surface area contributed by atoms with Crippen LogP contribution in [0.4, 0.5) is 10.8 Å². The zero-order chi connectivity index (χ0) is 20.1. The van der Waals surface area contributed by atoms with Crippen molar-refractivity contribution in [3.63, 3.8) is 0 Å². The van der Waals surface area contributed by atoms with E-state index in [1.807, 2.05) is 6.07 Å². The molecule has 0 spiro atoms. The highest BCUT2D eigenvalue weighted by atomic mass is 35.5. The largest absolute Gasteiger partial charge is 0.326 e. The lowest BCUT2D eigenvalue weighted by Gasteiger charge is -2.13. The first-order valence-corrected chi connectivity index (χ1v) is 10.2. The minimum Gasteiger partial charge on any atom is -0.326 e. The lowest BCUT2D eigenvalue weighted by Crippen LogP contribution is -2.33. The first kappa shape index (κ1) is 20.1. The summed E-state index contributed by atoms with van der Waals surface area (Å²) in [6, 6.07) is 6.57. The predicted molar refractivity (Wildman–Crippen MR) is 112 cm³/mol. The van der Waals surface area contributed by atoms with E-state index in [2.05, 4.69) is 21.9 Å². The number of halogens is 1. The predicted octanol–water partition coefficient (Wildman–Crippen LogP) is 3.81. The number of nitrogens with zero attached hydrogens (tertiary/aromatic N) is 4. The fraction of sp³-hybridized carbons (Fsp3) is 0.167. The summed E-state index contributed by atoms with van der Waals surface area (Å²) in [6.45, 7) is 3.97. The summed E-state index contributed by atoms with van der Waals surface area (Å²) in [5.74, 6) is -0.533. The van der Waals surface area contributed by atoms with Gasteiger partial charge in [-0.3, -0.25) is 14.5 Å². The van der Waals surface area contributed by atoms with Crippen molar-refractivity contribution in [3.05, 3.63) is 53.0 Å². The highest BCUT2D eigenvalue weighted by Crippen LogP contribution is 2.32. The Balaban J connectivity index is 1.70. The molecular weight excluding hydrogens is 418 g/mol. The summed E-state index contributed by atoms with van der Waals surface area (Å²) < 4.78 is 0. The fourth-order valence-corrected chi connectivity index (χ4v) is 4.37. The summed E-state index contributed by atoms with van der Waals surface area (Å²) in [4.78, 5) is 35.1. The molecule has 0 saturated carbocycles. The van der Waals surface area contributed by atoms with Gasteiger partial charge in [0.2, 0.25) is 16.9 Å². The normalized spacial score (nSPS) is 17.6. The van der Waals surface area contributed by atoms with Crippen LogP contribution < -0.4 is 5.32 Å². The Kier molecular flexibility index (Phi) is 6.46. The summed E-state index contributed by atoms with van der Waals surface area (Å²) in [6.07, 6.45) is 3.22. The number of thiazole rings is 1. The molecule has 0 aliphatic carbocycles. The molecule has 1 aromatic heterocycles. The number of carbonyl (C=O) groups is 2. The van der Waals surface area contributed by atoms with Crippen molar-refractivity contribution in [1.29, 1.82) is 5.26 Å². The lowest BCUT2D eigenvalue weighted by molar-refractivity contribution is -0.127. The number of aromatic nitrogens is 1. The van der Waals surface area contributed by atoms with Crippen molar-refractivity contribution in [2.24, 2.45) is 4.99 Å². The second-order valence-electron chi connectivity index (χ2n) is 5.61. The third-order valence-corrected chi connectivity index (χ3v) is 5.84. The van der Waals surface area contributed by atoms with Gasteiger partial charge in [0, 0.05) is 30.2 Å². The van der Waals surface area contributed by atoms with Crippen LogP contribution in [-0.4, -0.2) is 38.7 Å². The molecular formula is C18H14ClN5O2S2. The zero-order valence-electron chi connectivity index (χ0n) is 14.5. The molecule has 28 heavy (non-hydrogen) atoms. The quantitative estimate of drug-likeness (QED) is 0.701. The molecule has 1 saturated heterocycles. The zero-order valence-corrected chi connectivity index (χ0v) is 16.9. The van der Waals surface area contributed by atoms with Crippen molar-refractivity contribution in [1.82, 2.24) is 9.88 Å². The first-order chi connectivity index (χ1) is 13.5. The topological polar surface area (TPSA) is 98.5 Å². The molecule has 0 bridgehead atoms. The molecule has 3 rings (SSSR count). The van der Waals surface area contributed by atoms with Gasteiger partial charge in [0.05, 0.1) is 10.6 Å².